The van der Waals surface area contributed by atoms with Crippen LogP contribution in [0.3, 0.4) is 0 Å². The molecular formula is C11H20N4O. The highest BCUT2D eigenvalue weighted by molar-refractivity contribution is 5.98. The fourth-order valence-corrected chi connectivity index (χ4v) is 2.14. The second-order valence-corrected chi connectivity index (χ2v) is 4.37. The fourth-order valence-electron chi connectivity index (χ4n) is 2.14. The fraction of sp³-hybridized carbons (Fsp3) is 0.818. The van der Waals surface area contributed by atoms with E-state index in [4.69, 9.17) is 0 Å². The first-order valence-corrected chi connectivity index (χ1v) is 6.00. The van der Waals surface area contributed by atoms with Crippen LogP contribution in [0.25, 0.3) is 0 Å². The van der Waals surface area contributed by atoms with Crippen molar-refractivity contribution in [3.05, 3.63) is 0 Å². The predicted molar refractivity (Wildman–Crippen MR) is 63.4 cm³/mol. The van der Waals surface area contributed by atoms with E-state index in [0.717, 1.165) is 45.2 Å². The molecule has 1 fully saturated rings. The van der Waals surface area contributed by atoms with E-state index in [-0.39, 0.29) is 5.91 Å². The Labute approximate surface area is 96.7 Å². The molecule has 0 spiro atoms. The normalized spacial score (nSPS) is 22.5. The zero-order valence-corrected chi connectivity index (χ0v) is 10.1. The van der Waals surface area contributed by atoms with Crippen LogP contribution in [0.5, 0.6) is 0 Å². The zero-order chi connectivity index (χ0) is 11.5. The smallest absolute Gasteiger partial charge is 0.229 e. The van der Waals surface area contributed by atoms with Gasteiger partial charge in [0.2, 0.25) is 11.9 Å². The monoisotopic (exact) mass is 224 g/mol. The van der Waals surface area contributed by atoms with Crippen LogP contribution in [-0.2, 0) is 4.79 Å². The summed E-state index contributed by atoms with van der Waals surface area (Å²) < 4.78 is 0. The van der Waals surface area contributed by atoms with Crippen LogP contribution in [0.4, 0.5) is 0 Å². The molecule has 0 aromatic heterocycles. The first-order valence-electron chi connectivity index (χ1n) is 6.00. The van der Waals surface area contributed by atoms with E-state index < -0.39 is 0 Å². The highest BCUT2D eigenvalue weighted by atomic mass is 16.2. The summed E-state index contributed by atoms with van der Waals surface area (Å²) in [5.41, 5.74) is 0. The predicted octanol–water partition coefficient (Wildman–Crippen LogP) is -0.158. The molecule has 2 aliphatic heterocycles. The Balaban J connectivity index is 2.00. The van der Waals surface area contributed by atoms with Crippen LogP contribution < -0.4 is 0 Å². The van der Waals surface area contributed by atoms with E-state index in [1.54, 1.807) is 0 Å². The van der Waals surface area contributed by atoms with Gasteiger partial charge >= 0.3 is 0 Å². The SMILES string of the molecule is CCC(=O)N1CCN=C1N1CCN(C)CC1. The first kappa shape index (κ1) is 11.4. The van der Waals surface area contributed by atoms with Gasteiger partial charge in [-0.3, -0.25) is 14.7 Å². The van der Waals surface area contributed by atoms with Gasteiger partial charge in [0.05, 0.1) is 6.54 Å². The number of likely N-dealkylation sites (N-methyl/N-ethyl adjacent to an activating group) is 1. The van der Waals surface area contributed by atoms with E-state index in [9.17, 15) is 4.79 Å². The molecule has 2 heterocycles. The maximum atomic E-state index is 11.7. The van der Waals surface area contributed by atoms with Crippen molar-refractivity contribution in [2.45, 2.75) is 13.3 Å². The Morgan fingerprint density at radius 3 is 2.56 bits per heavy atom. The molecule has 0 aliphatic carbocycles. The van der Waals surface area contributed by atoms with E-state index in [2.05, 4.69) is 21.8 Å². The van der Waals surface area contributed by atoms with E-state index >= 15 is 0 Å². The van der Waals surface area contributed by atoms with Crippen LogP contribution in [-0.4, -0.2) is 72.9 Å². The van der Waals surface area contributed by atoms with Gasteiger partial charge in [0.25, 0.3) is 0 Å². The summed E-state index contributed by atoms with van der Waals surface area (Å²) >= 11 is 0. The van der Waals surface area contributed by atoms with Gasteiger partial charge in [-0.05, 0) is 7.05 Å². The van der Waals surface area contributed by atoms with Crippen molar-refractivity contribution in [2.24, 2.45) is 4.99 Å². The number of guanidine groups is 1. The number of aliphatic imine (C=N–C) groups is 1. The summed E-state index contributed by atoms with van der Waals surface area (Å²) in [6, 6.07) is 0. The molecule has 90 valence electrons. The van der Waals surface area contributed by atoms with Gasteiger partial charge in [-0.25, -0.2) is 0 Å². The molecule has 0 bridgehead atoms. The summed E-state index contributed by atoms with van der Waals surface area (Å²) in [4.78, 5) is 22.6. The molecule has 5 heteroatoms. The number of rotatable bonds is 1. The average Bonchev–Trinajstić information content (AvgIpc) is 2.78. The van der Waals surface area contributed by atoms with Crippen LogP contribution >= 0.6 is 0 Å². The van der Waals surface area contributed by atoms with Gasteiger partial charge in [-0.2, -0.15) is 0 Å². The molecule has 1 amide bonds. The quantitative estimate of drug-likeness (QED) is 0.621. The Bertz CT molecular complexity index is 294. The lowest BCUT2D eigenvalue weighted by atomic mass is 10.3. The van der Waals surface area contributed by atoms with E-state index in [1.807, 2.05) is 11.8 Å². The molecular weight excluding hydrogens is 204 g/mol. The molecule has 5 nitrogen and oxygen atoms in total. The van der Waals surface area contributed by atoms with Gasteiger partial charge in [-0.1, -0.05) is 6.92 Å². The van der Waals surface area contributed by atoms with E-state index in [0.29, 0.717) is 6.42 Å². The second-order valence-electron chi connectivity index (χ2n) is 4.37. The Hall–Kier alpha value is -1.10. The molecule has 0 saturated carbocycles. The maximum absolute atomic E-state index is 11.7. The summed E-state index contributed by atoms with van der Waals surface area (Å²) in [5.74, 6) is 1.09. The highest BCUT2D eigenvalue weighted by Gasteiger charge is 2.28. The molecule has 0 atom stereocenters. The number of amides is 1. The summed E-state index contributed by atoms with van der Waals surface area (Å²) in [6.45, 7) is 7.47. The molecule has 0 radical (unpaired) electrons. The summed E-state index contributed by atoms with van der Waals surface area (Å²) in [5, 5.41) is 0. The van der Waals surface area contributed by atoms with Crippen LogP contribution in [0.2, 0.25) is 0 Å². The van der Waals surface area contributed by atoms with Crippen molar-refractivity contribution < 1.29 is 4.79 Å². The first-order chi connectivity index (χ1) is 7.72. The highest BCUT2D eigenvalue weighted by Crippen LogP contribution is 2.10. The third-order valence-electron chi connectivity index (χ3n) is 3.21. The van der Waals surface area contributed by atoms with Crippen LogP contribution in [0, 0.1) is 0 Å². The van der Waals surface area contributed by atoms with Crippen molar-refractivity contribution in [3.63, 3.8) is 0 Å². The molecule has 0 N–H and O–H groups in total. The number of hydrogen-bond donors (Lipinski definition) is 0. The van der Waals surface area contributed by atoms with Crippen molar-refractivity contribution in [1.29, 1.82) is 0 Å². The van der Waals surface area contributed by atoms with Gasteiger partial charge in [0.15, 0.2) is 0 Å². The molecule has 0 aromatic rings. The molecule has 16 heavy (non-hydrogen) atoms. The third-order valence-corrected chi connectivity index (χ3v) is 3.21. The summed E-state index contributed by atoms with van der Waals surface area (Å²) in [6.07, 6.45) is 0.562. The summed E-state index contributed by atoms with van der Waals surface area (Å²) in [7, 11) is 2.13. The van der Waals surface area contributed by atoms with Gasteiger partial charge in [0, 0.05) is 39.1 Å². The van der Waals surface area contributed by atoms with Gasteiger partial charge in [-0.15, -0.1) is 0 Å². The lowest BCUT2D eigenvalue weighted by molar-refractivity contribution is -0.127. The average molecular weight is 224 g/mol. The Morgan fingerprint density at radius 1 is 1.25 bits per heavy atom. The number of piperazine rings is 1. The Morgan fingerprint density at radius 2 is 1.94 bits per heavy atom. The number of carbonyl (C=O) groups is 1. The molecule has 2 aliphatic rings. The lowest BCUT2D eigenvalue weighted by Gasteiger charge is -2.36. The van der Waals surface area contributed by atoms with Crippen molar-refractivity contribution >= 4 is 11.9 Å². The van der Waals surface area contributed by atoms with Crippen LogP contribution in [0.15, 0.2) is 4.99 Å². The third kappa shape index (κ3) is 2.19. The minimum Gasteiger partial charge on any atom is -0.340 e. The lowest BCUT2D eigenvalue weighted by Crippen LogP contribution is -2.52. The van der Waals surface area contributed by atoms with E-state index in [1.165, 1.54) is 0 Å². The van der Waals surface area contributed by atoms with Crippen molar-refractivity contribution in [1.82, 2.24) is 14.7 Å². The number of hydrogen-bond acceptors (Lipinski definition) is 4. The standard InChI is InChI=1S/C11H20N4O/c1-3-10(16)15-5-4-12-11(15)14-8-6-13(2)7-9-14/h3-9H2,1-2H3. The van der Waals surface area contributed by atoms with Crippen molar-refractivity contribution in [3.8, 4) is 0 Å². The molecule has 1 saturated heterocycles. The Kier molecular flexibility index (Phi) is 3.43. The zero-order valence-electron chi connectivity index (χ0n) is 10.1. The minimum atomic E-state index is 0.190. The largest absolute Gasteiger partial charge is 0.340 e. The number of carbonyl (C=O) groups excluding carboxylic acids is 1. The van der Waals surface area contributed by atoms with Gasteiger partial charge < -0.3 is 9.80 Å². The van der Waals surface area contributed by atoms with Gasteiger partial charge in [0.1, 0.15) is 0 Å². The minimum absolute atomic E-state index is 0.190. The molecule has 0 unspecified atom stereocenters. The van der Waals surface area contributed by atoms with Crippen LogP contribution in [0.1, 0.15) is 13.3 Å². The van der Waals surface area contributed by atoms with Crippen molar-refractivity contribution in [2.75, 3.05) is 46.3 Å². The topological polar surface area (TPSA) is 39.2 Å². The molecule has 2 rings (SSSR count). The number of nitrogens with zero attached hydrogens (tertiary/aromatic N) is 4. The molecule has 0 aromatic carbocycles. The maximum Gasteiger partial charge on any atom is 0.229 e. The second kappa shape index (κ2) is 4.82.